The number of aryl methyl sites for hydroxylation is 3. The van der Waals surface area contributed by atoms with E-state index < -0.39 is 0 Å². The number of rotatable bonds is 4. The summed E-state index contributed by atoms with van der Waals surface area (Å²) < 4.78 is 16.8. The Morgan fingerprint density at radius 2 is 2.19 bits per heavy atom. The molecule has 0 radical (unpaired) electrons. The number of nitrogens with zero attached hydrogens (tertiary/aromatic N) is 7. The van der Waals surface area contributed by atoms with Crippen molar-refractivity contribution in [1.82, 2.24) is 34.6 Å². The molecule has 0 bridgehead atoms. The maximum Gasteiger partial charge on any atom is 0.369 e. The third kappa shape index (κ3) is 2.33. The molecule has 110 valence electrons. The van der Waals surface area contributed by atoms with E-state index in [4.69, 9.17) is 6.11 Å². The number of ether oxygens (including phenoxy) is 1. The maximum absolute atomic E-state index is 12.0. The van der Waals surface area contributed by atoms with Crippen LogP contribution in [0.3, 0.4) is 0 Å². The lowest BCUT2D eigenvalue weighted by Crippen LogP contribution is -2.24. The van der Waals surface area contributed by atoms with E-state index >= 15 is 0 Å². The molecule has 0 spiro atoms. The van der Waals surface area contributed by atoms with Crippen LogP contribution in [0.1, 0.15) is 12.6 Å². The van der Waals surface area contributed by atoms with Crippen molar-refractivity contribution < 1.29 is 6.11 Å². The Kier molecular flexibility index (Phi) is 2.99. The Balaban J connectivity index is 1.97. The molecule has 9 nitrogen and oxygen atoms in total. The predicted octanol–water partition coefficient (Wildman–Crippen LogP) is 0.0434. The Hall–Kier alpha value is -2.49. The lowest BCUT2D eigenvalue weighted by molar-refractivity contribution is 0.303. The molecule has 21 heavy (non-hydrogen) atoms. The lowest BCUT2D eigenvalue weighted by Gasteiger charge is -2.05. The van der Waals surface area contributed by atoms with Gasteiger partial charge in [0, 0.05) is 25.6 Å². The molecule has 0 saturated heterocycles. The second kappa shape index (κ2) is 5.13. The van der Waals surface area contributed by atoms with Gasteiger partial charge >= 0.3 is 5.69 Å². The first-order valence-electron chi connectivity index (χ1n) is 6.54. The first-order chi connectivity index (χ1) is 10.5. The number of hydrogen-bond donors (Lipinski definition) is 0. The number of tetrazole rings is 1. The van der Waals surface area contributed by atoms with Gasteiger partial charge in [-0.3, -0.25) is 4.68 Å². The van der Waals surface area contributed by atoms with Gasteiger partial charge in [0.2, 0.25) is 0 Å². The van der Waals surface area contributed by atoms with E-state index in [0.29, 0.717) is 16.6 Å². The van der Waals surface area contributed by atoms with Gasteiger partial charge in [-0.2, -0.15) is 9.78 Å². The van der Waals surface area contributed by atoms with E-state index in [0.717, 1.165) is 10.4 Å². The molecule has 0 fully saturated rings. The zero-order valence-electron chi connectivity index (χ0n) is 12.6. The van der Waals surface area contributed by atoms with E-state index in [2.05, 4.69) is 20.5 Å². The average Bonchev–Trinajstić information content (AvgIpc) is 3.09. The summed E-state index contributed by atoms with van der Waals surface area (Å²) in [6, 6.07) is 0. The van der Waals surface area contributed by atoms with E-state index in [1.54, 1.807) is 17.1 Å². The van der Waals surface area contributed by atoms with Crippen LogP contribution in [-0.2, 0) is 20.7 Å². The first kappa shape index (κ1) is 12.3. The minimum atomic E-state index is -0.369. The molecule has 0 aromatic carbocycles. The van der Waals surface area contributed by atoms with Crippen LogP contribution in [-0.4, -0.2) is 34.6 Å². The van der Waals surface area contributed by atoms with Crippen LogP contribution >= 0.6 is 11.3 Å². The van der Waals surface area contributed by atoms with Crippen molar-refractivity contribution in [3.8, 4) is 11.0 Å². The largest absolute Gasteiger partial charge is 0.465 e. The van der Waals surface area contributed by atoms with Gasteiger partial charge in [0.1, 0.15) is 6.61 Å². The Morgan fingerprint density at radius 3 is 2.81 bits per heavy atom. The van der Waals surface area contributed by atoms with Gasteiger partial charge in [-0.25, -0.2) is 9.78 Å². The quantitative estimate of drug-likeness (QED) is 0.676. The third-order valence-electron chi connectivity index (χ3n) is 2.94. The fraction of sp³-hybridized carbons (Fsp3) is 0.364. The van der Waals surface area contributed by atoms with Crippen LogP contribution in [0.25, 0.3) is 5.82 Å². The maximum atomic E-state index is 12.0. The van der Waals surface area contributed by atoms with E-state index in [1.807, 2.05) is 6.92 Å². The number of hydrogen-bond acceptors (Lipinski definition) is 7. The standard InChI is InChI=1S/C11H13N7O2S/c1-7-8(6-20-10-12-4-5-21-10)9(16(2)13-7)18-11(19)17(3)14-15-18/h4-5H,6H2,1-3H3/i4T. The highest BCUT2D eigenvalue weighted by molar-refractivity contribution is 7.11. The molecule has 10 heteroatoms. The summed E-state index contributed by atoms with van der Waals surface area (Å²) in [7, 11) is 3.24. The van der Waals surface area contributed by atoms with Crippen LogP contribution in [0.15, 0.2) is 16.3 Å². The molecule has 3 aromatic rings. The second-order valence-corrected chi connectivity index (χ2v) is 5.16. The van der Waals surface area contributed by atoms with E-state index in [1.165, 1.54) is 23.1 Å². The zero-order chi connectivity index (χ0) is 15.9. The molecule has 3 aromatic heterocycles. The monoisotopic (exact) mass is 309 g/mol. The van der Waals surface area contributed by atoms with Crippen molar-refractivity contribution in [2.75, 3.05) is 0 Å². The topological polar surface area (TPSA) is 92.7 Å². The van der Waals surface area contributed by atoms with Crippen LogP contribution < -0.4 is 10.4 Å². The molecular weight excluding hydrogens is 294 g/mol. The fourth-order valence-corrected chi connectivity index (χ4v) is 2.39. The highest BCUT2D eigenvalue weighted by atomic mass is 32.1. The second-order valence-electron chi connectivity index (χ2n) is 4.34. The summed E-state index contributed by atoms with van der Waals surface area (Å²) >= 11 is 1.24. The highest BCUT2D eigenvalue weighted by Crippen LogP contribution is 2.20. The van der Waals surface area contributed by atoms with Crippen molar-refractivity contribution in [1.29, 1.82) is 0 Å². The molecule has 0 atom stereocenters. The predicted molar refractivity (Wildman–Crippen MR) is 74.5 cm³/mol. The summed E-state index contributed by atoms with van der Waals surface area (Å²) in [5, 5.41) is 13.8. The molecular formula is C11H13N7O2S. The normalized spacial score (nSPS) is 11.7. The van der Waals surface area contributed by atoms with Crippen molar-refractivity contribution in [3.05, 3.63) is 33.3 Å². The Labute approximate surface area is 124 Å². The Bertz CT molecular complexity index is 878. The fourth-order valence-electron chi connectivity index (χ4n) is 1.95. The first-order valence-corrected chi connectivity index (χ1v) is 6.92. The highest BCUT2D eigenvalue weighted by Gasteiger charge is 2.19. The van der Waals surface area contributed by atoms with Gasteiger partial charge in [0.15, 0.2) is 5.82 Å². The molecule has 0 N–H and O–H groups in total. The van der Waals surface area contributed by atoms with Crippen molar-refractivity contribution in [2.45, 2.75) is 13.5 Å². The average molecular weight is 309 g/mol. The van der Waals surface area contributed by atoms with Crippen LogP contribution in [0.4, 0.5) is 0 Å². The summed E-state index contributed by atoms with van der Waals surface area (Å²) in [6.45, 7) is 1.99. The molecule has 3 heterocycles. The summed E-state index contributed by atoms with van der Waals surface area (Å²) in [5.74, 6) is 0.498. The lowest BCUT2D eigenvalue weighted by atomic mass is 10.2. The minimum Gasteiger partial charge on any atom is -0.465 e. The van der Waals surface area contributed by atoms with Crippen LogP contribution in [0, 0.1) is 6.92 Å². The minimum absolute atomic E-state index is 0.160. The van der Waals surface area contributed by atoms with Gasteiger partial charge in [-0.15, -0.1) is 4.68 Å². The van der Waals surface area contributed by atoms with Gasteiger partial charge < -0.3 is 4.74 Å². The van der Waals surface area contributed by atoms with E-state index in [9.17, 15) is 4.79 Å². The Morgan fingerprint density at radius 1 is 1.38 bits per heavy atom. The molecule has 0 saturated carbocycles. The van der Waals surface area contributed by atoms with Gasteiger partial charge in [-0.05, 0) is 17.4 Å². The molecule has 0 aliphatic carbocycles. The molecule has 0 unspecified atom stereocenters. The van der Waals surface area contributed by atoms with Crippen molar-refractivity contribution in [3.63, 3.8) is 0 Å². The van der Waals surface area contributed by atoms with Gasteiger partial charge in [0.05, 0.1) is 12.6 Å². The van der Waals surface area contributed by atoms with Crippen molar-refractivity contribution >= 4 is 11.3 Å². The number of thiazole rings is 1. The van der Waals surface area contributed by atoms with E-state index in [-0.39, 0.29) is 18.5 Å². The SMILES string of the molecule is [3H]c1csc(OCc2c(C)nn(C)c2-n2nnn(C)c2=O)n1. The van der Waals surface area contributed by atoms with Crippen LogP contribution in [0.2, 0.25) is 0 Å². The molecule has 0 aliphatic heterocycles. The summed E-state index contributed by atoms with van der Waals surface area (Å²) in [5.41, 5.74) is 1.07. The smallest absolute Gasteiger partial charge is 0.369 e. The van der Waals surface area contributed by atoms with Crippen molar-refractivity contribution in [2.24, 2.45) is 14.1 Å². The number of aromatic nitrogens is 7. The van der Waals surface area contributed by atoms with Gasteiger partial charge in [-0.1, -0.05) is 11.3 Å². The summed E-state index contributed by atoms with van der Waals surface area (Å²) in [6.07, 6.45) is 0.160. The van der Waals surface area contributed by atoms with Crippen LogP contribution in [0.5, 0.6) is 5.19 Å². The zero-order valence-corrected chi connectivity index (χ0v) is 12.5. The van der Waals surface area contributed by atoms with Gasteiger partial charge in [0.25, 0.3) is 5.19 Å². The molecule has 0 amide bonds. The molecule has 0 aliphatic rings. The molecule has 3 rings (SSSR count). The third-order valence-corrected chi connectivity index (χ3v) is 3.58. The summed E-state index contributed by atoms with van der Waals surface area (Å²) in [4.78, 5) is 16.0.